The van der Waals surface area contributed by atoms with Crippen LogP contribution in [0.2, 0.25) is 0 Å². The molecule has 3 rings (SSSR count). The molecule has 23 heavy (non-hydrogen) atoms. The van der Waals surface area contributed by atoms with E-state index >= 15 is 0 Å². The molecule has 5 heteroatoms. The maximum Gasteiger partial charge on any atom is 0.193 e. The van der Waals surface area contributed by atoms with Gasteiger partial charge in [-0.1, -0.05) is 13.8 Å². The van der Waals surface area contributed by atoms with Crippen LogP contribution in [0.3, 0.4) is 0 Å². The van der Waals surface area contributed by atoms with Crippen molar-refractivity contribution in [1.29, 1.82) is 0 Å². The Morgan fingerprint density at radius 1 is 1.26 bits per heavy atom. The molecule has 0 bridgehead atoms. The molecule has 1 aliphatic heterocycles. The molecule has 3 fully saturated rings. The lowest BCUT2D eigenvalue weighted by molar-refractivity contribution is 0.259. The minimum absolute atomic E-state index is 0. The molecule has 0 aromatic carbocycles. The maximum absolute atomic E-state index is 4.93. The molecule has 1 saturated heterocycles. The van der Waals surface area contributed by atoms with Crippen LogP contribution in [0.15, 0.2) is 4.99 Å². The second-order valence-corrected chi connectivity index (χ2v) is 8.24. The normalized spacial score (nSPS) is 24.0. The van der Waals surface area contributed by atoms with E-state index < -0.39 is 0 Å². The minimum Gasteiger partial charge on any atom is -0.357 e. The molecule has 0 atom stereocenters. The SMILES string of the molecule is CCNC(=NCCN(CC1CC1)C1CC1)N1CCC(C)(C)C1.I. The summed E-state index contributed by atoms with van der Waals surface area (Å²) in [4.78, 5) is 10.1. The van der Waals surface area contributed by atoms with Crippen molar-refractivity contribution in [3.05, 3.63) is 0 Å². The zero-order valence-electron chi connectivity index (χ0n) is 15.2. The second-order valence-electron chi connectivity index (χ2n) is 8.24. The summed E-state index contributed by atoms with van der Waals surface area (Å²) < 4.78 is 0. The van der Waals surface area contributed by atoms with Crippen LogP contribution in [0.4, 0.5) is 0 Å². The van der Waals surface area contributed by atoms with Crippen molar-refractivity contribution in [2.24, 2.45) is 16.3 Å². The Bertz CT molecular complexity index is 402. The van der Waals surface area contributed by atoms with Gasteiger partial charge in [-0.15, -0.1) is 24.0 Å². The van der Waals surface area contributed by atoms with Crippen molar-refractivity contribution in [3.8, 4) is 0 Å². The zero-order valence-corrected chi connectivity index (χ0v) is 17.5. The average Bonchev–Trinajstić information content (AvgIpc) is 3.35. The van der Waals surface area contributed by atoms with Gasteiger partial charge < -0.3 is 10.2 Å². The average molecular weight is 434 g/mol. The van der Waals surface area contributed by atoms with Gasteiger partial charge in [-0.3, -0.25) is 9.89 Å². The maximum atomic E-state index is 4.93. The highest BCUT2D eigenvalue weighted by Gasteiger charge is 2.33. The Hall–Kier alpha value is -0.0400. The van der Waals surface area contributed by atoms with Crippen LogP contribution >= 0.6 is 24.0 Å². The highest BCUT2D eigenvalue weighted by atomic mass is 127. The van der Waals surface area contributed by atoms with E-state index in [1.807, 2.05) is 0 Å². The van der Waals surface area contributed by atoms with Crippen LogP contribution in [0, 0.1) is 11.3 Å². The molecule has 0 amide bonds. The number of hydrogen-bond acceptors (Lipinski definition) is 2. The van der Waals surface area contributed by atoms with Crippen molar-refractivity contribution in [1.82, 2.24) is 15.1 Å². The molecule has 1 heterocycles. The smallest absolute Gasteiger partial charge is 0.193 e. The predicted molar refractivity (Wildman–Crippen MR) is 109 cm³/mol. The molecule has 4 nitrogen and oxygen atoms in total. The molecule has 134 valence electrons. The third-order valence-corrected chi connectivity index (χ3v) is 5.21. The molecule has 0 unspecified atom stereocenters. The van der Waals surface area contributed by atoms with Gasteiger partial charge in [0.05, 0.1) is 6.54 Å². The van der Waals surface area contributed by atoms with Gasteiger partial charge >= 0.3 is 0 Å². The first kappa shape index (κ1) is 19.3. The van der Waals surface area contributed by atoms with Crippen LogP contribution in [0.5, 0.6) is 0 Å². The Labute approximate surface area is 159 Å². The van der Waals surface area contributed by atoms with E-state index in [0.717, 1.165) is 50.6 Å². The largest absolute Gasteiger partial charge is 0.357 e. The van der Waals surface area contributed by atoms with Crippen LogP contribution in [-0.4, -0.2) is 61.1 Å². The Kier molecular flexibility index (Phi) is 7.01. The van der Waals surface area contributed by atoms with Crippen molar-refractivity contribution in [2.75, 3.05) is 39.3 Å². The molecule has 2 aliphatic carbocycles. The number of hydrogen-bond donors (Lipinski definition) is 1. The van der Waals surface area contributed by atoms with Gasteiger partial charge in [0.1, 0.15) is 0 Å². The Balaban J connectivity index is 0.00000192. The highest BCUT2D eigenvalue weighted by Crippen LogP contribution is 2.34. The predicted octanol–water partition coefficient (Wildman–Crippen LogP) is 3.18. The summed E-state index contributed by atoms with van der Waals surface area (Å²) in [5.74, 6) is 2.13. The van der Waals surface area contributed by atoms with Gasteiger partial charge in [-0.2, -0.15) is 0 Å². The molecular formula is C18H35IN4. The molecule has 0 radical (unpaired) electrons. The lowest BCUT2D eigenvalue weighted by Gasteiger charge is -2.25. The quantitative estimate of drug-likeness (QED) is 0.380. The number of nitrogens with one attached hydrogen (secondary N) is 1. The first-order chi connectivity index (χ1) is 10.6. The Morgan fingerprint density at radius 3 is 2.52 bits per heavy atom. The molecular weight excluding hydrogens is 399 g/mol. The van der Waals surface area contributed by atoms with Gasteiger partial charge in [0.25, 0.3) is 0 Å². The Morgan fingerprint density at radius 2 is 2.00 bits per heavy atom. The summed E-state index contributed by atoms with van der Waals surface area (Å²) in [7, 11) is 0. The van der Waals surface area contributed by atoms with Gasteiger partial charge in [0, 0.05) is 38.8 Å². The fraction of sp³-hybridized carbons (Fsp3) is 0.944. The number of halogens is 1. The minimum atomic E-state index is 0. The molecule has 2 saturated carbocycles. The van der Waals surface area contributed by atoms with Crippen LogP contribution < -0.4 is 5.32 Å². The number of nitrogens with zero attached hydrogens (tertiary/aromatic N) is 3. The van der Waals surface area contributed by atoms with E-state index in [1.165, 1.54) is 38.6 Å². The van der Waals surface area contributed by atoms with E-state index in [2.05, 4.69) is 35.9 Å². The van der Waals surface area contributed by atoms with Crippen molar-refractivity contribution >= 4 is 29.9 Å². The summed E-state index contributed by atoms with van der Waals surface area (Å²) in [5.41, 5.74) is 0.433. The van der Waals surface area contributed by atoms with Gasteiger partial charge in [0.2, 0.25) is 0 Å². The van der Waals surface area contributed by atoms with E-state index in [9.17, 15) is 0 Å². The summed E-state index contributed by atoms with van der Waals surface area (Å²) in [6.45, 7) is 13.6. The van der Waals surface area contributed by atoms with E-state index in [-0.39, 0.29) is 24.0 Å². The first-order valence-electron chi connectivity index (χ1n) is 9.35. The van der Waals surface area contributed by atoms with E-state index in [4.69, 9.17) is 4.99 Å². The standard InChI is InChI=1S/C18H34N4.HI/c1-4-19-17(22-11-9-18(2,3)14-22)20-10-12-21(16-7-8-16)13-15-5-6-15;/h15-16H,4-14H2,1-3H3,(H,19,20);1H. The van der Waals surface area contributed by atoms with Crippen molar-refractivity contribution < 1.29 is 0 Å². The number of likely N-dealkylation sites (tertiary alicyclic amines) is 1. The van der Waals surface area contributed by atoms with Gasteiger partial charge in [-0.25, -0.2) is 0 Å². The van der Waals surface area contributed by atoms with Gasteiger partial charge in [-0.05, 0) is 50.4 Å². The molecule has 1 N–H and O–H groups in total. The summed E-state index contributed by atoms with van der Waals surface area (Å²) >= 11 is 0. The van der Waals surface area contributed by atoms with Crippen molar-refractivity contribution in [3.63, 3.8) is 0 Å². The number of aliphatic imine (C=N–C) groups is 1. The molecule has 0 aromatic heterocycles. The monoisotopic (exact) mass is 434 g/mol. The second kappa shape index (κ2) is 8.37. The summed E-state index contributed by atoms with van der Waals surface area (Å²) in [6, 6.07) is 0.879. The zero-order chi connectivity index (χ0) is 15.6. The fourth-order valence-corrected chi connectivity index (χ4v) is 3.50. The van der Waals surface area contributed by atoms with Crippen molar-refractivity contribution in [2.45, 2.75) is 58.9 Å². The lowest BCUT2D eigenvalue weighted by atomic mass is 9.93. The molecule has 3 aliphatic rings. The topological polar surface area (TPSA) is 30.9 Å². The third kappa shape index (κ3) is 6.07. The summed E-state index contributed by atoms with van der Waals surface area (Å²) in [5, 5.41) is 3.49. The fourth-order valence-electron chi connectivity index (χ4n) is 3.50. The summed E-state index contributed by atoms with van der Waals surface area (Å²) in [6.07, 6.45) is 7.01. The van der Waals surface area contributed by atoms with Crippen LogP contribution in [-0.2, 0) is 0 Å². The van der Waals surface area contributed by atoms with Crippen LogP contribution in [0.25, 0.3) is 0 Å². The van der Waals surface area contributed by atoms with Crippen LogP contribution in [0.1, 0.15) is 52.9 Å². The van der Waals surface area contributed by atoms with E-state index in [0.29, 0.717) is 5.41 Å². The van der Waals surface area contributed by atoms with E-state index in [1.54, 1.807) is 0 Å². The number of guanidine groups is 1. The van der Waals surface area contributed by atoms with Gasteiger partial charge in [0.15, 0.2) is 5.96 Å². The third-order valence-electron chi connectivity index (χ3n) is 5.21. The highest BCUT2D eigenvalue weighted by molar-refractivity contribution is 14.0. The lowest BCUT2D eigenvalue weighted by Crippen LogP contribution is -2.41. The first-order valence-corrected chi connectivity index (χ1v) is 9.35. The number of rotatable bonds is 7. The molecule has 0 spiro atoms. The molecule has 0 aromatic rings.